The number of rotatable bonds is 2. The highest BCUT2D eigenvalue weighted by molar-refractivity contribution is 7.20. The summed E-state index contributed by atoms with van der Waals surface area (Å²) in [5, 5.41) is 10.3. The molecule has 0 spiro atoms. The van der Waals surface area contributed by atoms with E-state index >= 15 is 0 Å². The van der Waals surface area contributed by atoms with Gasteiger partial charge in [0.1, 0.15) is 5.75 Å². The number of thiophene rings is 1. The number of hydrogen-bond donors (Lipinski definition) is 1. The third-order valence-corrected chi connectivity index (χ3v) is 3.78. The van der Waals surface area contributed by atoms with E-state index in [1.807, 2.05) is 6.92 Å². The molecule has 0 bridgehead atoms. The number of ether oxygens (including phenoxy) is 1. The van der Waals surface area contributed by atoms with E-state index in [1.165, 1.54) is 17.4 Å². The second-order valence-corrected chi connectivity index (χ2v) is 4.93. The van der Waals surface area contributed by atoms with Crippen molar-refractivity contribution in [2.24, 2.45) is 0 Å². The van der Waals surface area contributed by atoms with E-state index in [0.717, 1.165) is 4.88 Å². The predicted molar refractivity (Wildman–Crippen MR) is 65.1 cm³/mol. The quantitative estimate of drug-likeness (QED) is 0.894. The molecule has 2 aromatic rings. The van der Waals surface area contributed by atoms with Crippen molar-refractivity contribution in [2.75, 3.05) is 7.11 Å². The highest BCUT2D eigenvalue weighted by atomic mass is 35.5. The van der Waals surface area contributed by atoms with Crippen molar-refractivity contribution < 1.29 is 14.6 Å². The molecule has 1 N–H and O–H groups in total. The van der Waals surface area contributed by atoms with Gasteiger partial charge in [0.15, 0.2) is 0 Å². The van der Waals surface area contributed by atoms with Crippen LogP contribution in [0.25, 0.3) is 10.1 Å². The third kappa shape index (κ3) is 1.54. The molecule has 84 valence electrons. The minimum absolute atomic E-state index is 0.260. The summed E-state index contributed by atoms with van der Waals surface area (Å²) < 4.78 is 5.91. The molecular weight excluding hydrogens is 248 g/mol. The van der Waals surface area contributed by atoms with Gasteiger partial charge in [-0.05, 0) is 19.1 Å². The van der Waals surface area contributed by atoms with Gasteiger partial charge < -0.3 is 9.84 Å². The maximum absolute atomic E-state index is 11.1. The van der Waals surface area contributed by atoms with Gasteiger partial charge in [0.25, 0.3) is 0 Å². The van der Waals surface area contributed by atoms with Gasteiger partial charge in [-0.3, -0.25) is 0 Å². The minimum Gasteiger partial charge on any atom is -0.495 e. The molecule has 0 unspecified atom stereocenters. The first-order valence-corrected chi connectivity index (χ1v) is 5.74. The topological polar surface area (TPSA) is 46.5 Å². The Morgan fingerprint density at radius 2 is 2.19 bits per heavy atom. The molecule has 0 saturated heterocycles. The lowest BCUT2D eigenvalue weighted by Gasteiger charge is -2.02. The second-order valence-electron chi connectivity index (χ2n) is 3.30. The molecule has 16 heavy (non-hydrogen) atoms. The lowest BCUT2D eigenvalue weighted by atomic mass is 10.1. The summed E-state index contributed by atoms with van der Waals surface area (Å²) in [7, 11) is 1.55. The van der Waals surface area contributed by atoms with Crippen LogP contribution in [0.15, 0.2) is 12.1 Å². The molecule has 0 radical (unpaired) electrons. The Kier molecular flexibility index (Phi) is 2.78. The van der Waals surface area contributed by atoms with Gasteiger partial charge >= 0.3 is 5.97 Å². The van der Waals surface area contributed by atoms with Crippen molar-refractivity contribution in [2.45, 2.75) is 6.92 Å². The first kappa shape index (κ1) is 11.2. The number of hydrogen-bond acceptors (Lipinski definition) is 3. The van der Waals surface area contributed by atoms with Crippen LogP contribution in [0, 0.1) is 6.92 Å². The molecule has 1 aromatic heterocycles. The SMILES string of the molecule is COc1c(C)sc2c(C(=O)O)ccc(Cl)c12. The van der Waals surface area contributed by atoms with Crippen molar-refractivity contribution >= 4 is 39.0 Å². The summed E-state index contributed by atoms with van der Waals surface area (Å²) in [6, 6.07) is 3.10. The molecule has 0 atom stereocenters. The number of fused-ring (bicyclic) bond motifs is 1. The number of carboxylic acids is 1. The highest BCUT2D eigenvalue weighted by Gasteiger charge is 2.18. The fraction of sp³-hybridized carbons (Fsp3) is 0.182. The summed E-state index contributed by atoms with van der Waals surface area (Å²) in [5.41, 5.74) is 0.260. The van der Waals surface area contributed by atoms with Crippen molar-refractivity contribution in [3.8, 4) is 5.75 Å². The van der Waals surface area contributed by atoms with Crippen LogP contribution in [-0.2, 0) is 0 Å². The number of halogens is 1. The van der Waals surface area contributed by atoms with E-state index in [-0.39, 0.29) is 5.56 Å². The largest absolute Gasteiger partial charge is 0.495 e. The molecule has 1 heterocycles. The number of aryl methyl sites for hydroxylation is 1. The van der Waals surface area contributed by atoms with Gasteiger partial charge in [-0.2, -0.15) is 0 Å². The molecule has 0 fully saturated rings. The summed E-state index contributed by atoms with van der Waals surface area (Å²) in [6.07, 6.45) is 0. The average Bonchev–Trinajstić information content (AvgIpc) is 2.55. The van der Waals surface area contributed by atoms with Crippen LogP contribution in [-0.4, -0.2) is 18.2 Å². The van der Waals surface area contributed by atoms with Crippen molar-refractivity contribution in [3.63, 3.8) is 0 Å². The number of carboxylic acid groups (broad SMARTS) is 1. The van der Waals surface area contributed by atoms with Crippen LogP contribution in [0.4, 0.5) is 0 Å². The van der Waals surface area contributed by atoms with Gasteiger partial charge in [0, 0.05) is 4.88 Å². The Bertz CT molecular complexity index is 574. The van der Waals surface area contributed by atoms with Crippen molar-refractivity contribution in [1.29, 1.82) is 0 Å². The maximum Gasteiger partial charge on any atom is 0.337 e. The van der Waals surface area contributed by atoms with Crippen LogP contribution in [0.5, 0.6) is 5.75 Å². The molecule has 2 rings (SSSR count). The molecule has 5 heteroatoms. The van der Waals surface area contributed by atoms with E-state index < -0.39 is 5.97 Å². The van der Waals surface area contributed by atoms with Gasteiger partial charge in [-0.15, -0.1) is 11.3 Å². The molecule has 3 nitrogen and oxygen atoms in total. The normalized spacial score (nSPS) is 10.7. The maximum atomic E-state index is 11.1. The minimum atomic E-state index is -0.953. The zero-order valence-electron chi connectivity index (χ0n) is 8.70. The number of aromatic carboxylic acids is 1. The Balaban J connectivity index is 2.91. The highest BCUT2D eigenvalue weighted by Crippen LogP contribution is 2.42. The molecule has 0 aliphatic rings. The summed E-state index contributed by atoms with van der Waals surface area (Å²) >= 11 is 7.45. The van der Waals surface area contributed by atoms with Crippen LogP contribution in [0.1, 0.15) is 15.2 Å². The molecule has 0 aliphatic carbocycles. The monoisotopic (exact) mass is 256 g/mol. The molecule has 1 aromatic carbocycles. The Morgan fingerprint density at radius 3 is 2.75 bits per heavy atom. The number of carbonyl (C=O) groups is 1. The van der Waals surface area contributed by atoms with Crippen molar-refractivity contribution in [3.05, 3.63) is 27.6 Å². The second kappa shape index (κ2) is 3.96. The molecule has 0 saturated carbocycles. The third-order valence-electron chi connectivity index (χ3n) is 2.34. The van der Waals surface area contributed by atoms with E-state index in [1.54, 1.807) is 13.2 Å². The molecule has 0 aliphatic heterocycles. The summed E-state index contributed by atoms with van der Waals surface area (Å²) in [5.74, 6) is -0.293. The standard InChI is InChI=1S/C11H9ClO3S/c1-5-9(15-2)8-7(12)4-3-6(11(13)14)10(8)16-5/h3-4H,1-2H3,(H,13,14). The fourth-order valence-electron chi connectivity index (χ4n) is 1.67. The Labute approximate surface area is 101 Å². The zero-order chi connectivity index (χ0) is 11.9. The number of methoxy groups -OCH3 is 1. The van der Waals surface area contributed by atoms with E-state index in [9.17, 15) is 4.79 Å². The molecule has 0 amide bonds. The first-order chi connectivity index (χ1) is 7.56. The lowest BCUT2D eigenvalue weighted by Crippen LogP contribution is -1.95. The predicted octanol–water partition coefficient (Wildman–Crippen LogP) is 3.57. The lowest BCUT2D eigenvalue weighted by molar-refractivity contribution is 0.0699. The van der Waals surface area contributed by atoms with Gasteiger partial charge in [0.05, 0.1) is 27.8 Å². The smallest absolute Gasteiger partial charge is 0.337 e. The van der Waals surface area contributed by atoms with E-state index in [4.69, 9.17) is 21.4 Å². The Morgan fingerprint density at radius 1 is 1.50 bits per heavy atom. The van der Waals surface area contributed by atoms with Gasteiger partial charge in [0.2, 0.25) is 0 Å². The fourth-order valence-corrected chi connectivity index (χ4v) is 3.12. The zero-order valence-corrected chi connectivity index (χ0v) is 10.3. The van der Waals surface area contributed by atoms with Crippen LogP contribution >= 0.6 is 22.9 Å². The Hall–Kier alpha value is -1.26. The van der Waals surface area contributed by atoms with Crippen LogP contribution < -0.4 is 4.74 Å². The number of benzene rings is 1. The van der Waals surface area contributed by atoms with Crippen LogP contribution in [0.2, 0.25) is 5.02 Å². The molecular formula is C11H9ClO3S. The summed E-state index contributed by atoms with van der Waals surface area (Å²) in [4.78, 5) is 12.0. The average molecular weight is 257 g/mol. The van der Waals surface area contributed by atoms with Crippen LogP contribution in [0.3, 0.4) is 0 Å². The first-order valence-electron chi connectivity index (χ1n) is 4.55. The summed E-state index contributed by atoms with van der Waals surface area (Å²) in [6.45, 7) is 1.88. The van der Waals surface area contributed by atoms with E-state index in [2.05, 4.69) is 0 Å². The van der Waals surface area contributed by atoms with Gasteiger partial charge in [-0.25, -0.2) is 4.79 Å². The van der Waals surface area contributed by atoms with Gasteiger partial charge in [-0.1, -0.05) is 11.6 Å². The van der Waals surface area contributed by atoms with E-state index in [0.29, 0.717) is 20.9 Å². The van der Waals surface area contributed by atoms with Crippen molar-refractivity contribution in [1.82, 2.24) is 0 Å².